The molecule has 1 aliphatic rings. The molecule has 1 aromatic rings. The number of hydrogen-bond donors (Lipinski definition) is 0. The van der Waals surface area contributed by atoms with E-state index in [0.717, 1.165) is 17.2 Å². The summed E-state index contributed by atoms with van der Waals surface area (Å²) in [6.45, 7) is 0.499. The maximum atomic E-state index is 5.41. The number of fused-ring (bicyclic) bond motifs is 1. The Bertz CT molecular complexity index is 361. The summed E-state index contributed by atoms with van der Waals surface area (Å²) in [6.07, 6.45) is 0. The molecular weight excluding hydrogens is 168 g/mol. The smallest absolute Gasteiger partial charge is 0.311 e. The van der Waals surface area contributed by atoms with Crippen molar-refractivity contribution in [2.75, 3.05) is 20.9 Å². The molecule has 0 aromatic heterocycles. The van der Waals surface area contributed by atoms with Gasteiger partial charge in [0.05, 0.1) is 7.11 Å². The van der Waals surface area contributed by atoms with Crippen LogP contribution in [-0.2, 0) is 0 Å². The predicted octanol–water partition coefficient (Wildman–Crippen LogP) is 1.77. The van der Waals surface area contributed by atoms with Crippen molar-refractivity contribution in [3.05, 3.63) is 18.2 Å². The lowest BCUT2D eigenvalue weighted by Gasteiger charge is -2.10. The van der Waals surface area contributed by atoms with Crippen LogP contribution in [0.15, 0.2) is 23.3 Å². The minimum absolute atomic E-state index is 0.499. The fraction of sp³-hybridized carbons (Fsp3) is 0.333. The maximum Gasteiger partial charge on any atom is 0.311 e. The van der Waals surface area contributed by atoms with Crippen LogP contribution >= 0.6 is 0 Å². The Labute approximate surface area is 76.4 Å². The van der Waals surface area contributed by atoms with E-state index in [1.165, 1.54) is 0 Å². The molecule has 1 heterocycles. The molecule has 0 saturated carbocycles. The third-order valence-corrected chi connectivity index (χ3v) is 1.85. The molecule has 1 aromatic carbocycles. The molecule has 0 spiro atoms. The second-order valence-electron chi connectivity index (χ2n) is 2.86. The van der Waals surface area contributed by atoms with E-state index in [-0.39, 0.29) is 0 Å². The van der Waals surface area contributed by atoms with Gasteiger partial charge in [0.25, 0.3) is 0 Å². The molecule has 13 heavy (non-hydrogen) atoms. The number of azo groups is 2. The fourth-order valence-electron chi connectivity index (χ4n) is 1.20. The van der Waals surface area contributed by atoms with Gasteiger partial charge in [-0.2, -0.15) is 0 Å². The van der Waals surface area contributed by atoms with Crippen LogP contribution in [0, 0.1) is 0 Å². The lowest BCUT2D eigenvalue weighted by Crippen LogP contribution is -2.14. The van der Waals surface area contributed by atoms with Gasteiger partial charge in [0.15, 0.2) is 18.5 Å². The van der Waals surface area contributed by atoms with Crippen LogP contribution in [-0.4, -0.2) is 25.6 Å². The van der Waals surface area contributed by atoms with Crippen LogP contribution in [0.4, 0.5) is 5.69 Å². The van der Waals surface area contributed by atoms with Crippen molar-refractivity contribution in [1.29, 1.82) is 0 Å². The summed E-state index contributed by atoms with van der Waals surface area (Å²) in [6, 6.07) is 5.58. The number of methoxy groups -OCH3 is 1. The summed E-state index contributed by atoms with van der Waals surface area (Å²) in [5.41, 5.74) is 0.813. The van der Waals surface area contributed by atoms with E-state index in [4.69, 9.17) is 9.47 Å². The number of benzene rings is 1. The molecule has 0 amide bonds. The van der Waals surface area contributed by atoms with E-state index in [2.05, 4.69) is 5.11 Å². The molecule has 4 heteroatoms. The molecule has 1 aliphatic heterocycles. The Kier molecular flexibility index (Phi) is 1.88. The molecular formula is C9H11N2O2+. The van der Waals surface area contributed by atoms with Crippen molar-refractivity contribution in [3.63, 3.8) is 0 Å². The summed E-state index contributed by atoms with van der Waals surface area (Å²) < 4.78 is 12.2. The van der Waals surface area contributed by atoms with Gasteiger partial charge < -0.3 is 9.47 Å². The van der Waals surface area contributed by atoms with Crippen LogP contribution in [0.5, 0.6) is 11.5 Å². The van der Waals surface area contributed by atoms with E-state index in [1.54, 1.807) is 11.8 Å². The fourth-order valence-corrected chi connectivity index (χ4v) is 1.20. The zero-order valence-electron chi connectivity index (χ0n) is 7.65. The highest BCUT2D eigenvalue weighted by Crippen LogP contribution is 2.33. The average Bonchev–Trinajstić information content (AvgIpc) is 2.16. The molecule has 0 saturated heterocycles. The molecule has 0 aliphatic carbocycles. The highest BCUT2D eigenvalue weighted by atomic mass is 16.5. The van der Waals surface area contributed by atoms with Gasteiger partial charge in [0.2, 0.25) is 0 Å². The Balaban J connectivity index is 2.45. The minimum atomic E-state index is 0.499. The van der Waals surface area contributed by atoms with Gasteiger partial charge in [0, 0.05) is 11.2 Å². The van der Waals surface area contributed by atoms with Gasteiger partial charge >= 0.3 is 6.73 Å². The van der Waals surface area contributed by atoms with Gasteiger partial charge in [-0.1, -0.05) is 4.70 Å². The normalized spacial score (nSPS) is 14.2. The van der Waals surface area contributed by atoms with Crippen molar-refractivity contribution in [1.82, 2.24) is 0 Å². The van der Waals surface area contributed by atoms with Crippen LogP contribution < -0.4 is 9.47 Å². The number of nitrogens with zero attached hydrogens (tertiary/aromatic N) is 2. The van der Waals surface area contributed by atoms with Gasteiger partial charge in [-0.3, -0.25) is 0 Å². The third-order valence-electron chi connectivity index (χ3n) is 1.85. The van der Waals surface area contributed by atoms with E-state index in [9.17, 15) is 0 Å². The Morgan fingerprint density at radius 1 is 1.54 bits per heavy atom. The van der Waals surface area contributed by atoms with Crippen molar-refractivity contribution in [2.24, 2.45) is 5.11 Å². The monoisotopic (exact) mass is 179 g/mol. The molecule has 0 fully saturated rings. The molecule has 0 N–H and O–H groups in total. The van der Waals surface area contributed by atoms with Gasteiger partial charge in [0.1, 0.15) is 5.75 Å². The van der Waals surface area contributed by atoms with Crippen LogP contribution in [0.2, 0.25) is 0 Å². The van der Waals surface area contributed by atoms with Crippen LogP contribution in [0.3, 0.4) is 0 Å². The lowest BCUT2D eigenvalue weighted by atomic mass is 10.3. The second kappa shape index (κ2) is 3.05. The summed E-state index contributed by atoms with van der Waals surface area (Å²) in [5.74, 6) is 1.60. The first kappa shape index (κ1) is 8.04. The van der Waals surface area contributed by atoms with Crippen molar-refractivity contribution >= 4 is 5.69 Å². The molecule has 0 unspecified atom stereocenters. The SMILES string of the molecule is COc1ccc2c(c1)N=[N+](C)CO2. The third kappa shape index (κ3) is 1.47. The highest BCUT2D eigenvalue weighted by molar-refractivity contribution is 5.55. The standard InChI is InChI=1S/C9H11N2O2/c1-11-6-13-9-4-3-7(12-2)5-8(9)10-11/h3-5H,6H2,1-2H3/q+1. The van der Waals surface area contributed by atoms with Crippen LogP contribution in [0.1, 0.15) is 0 Å². The molecule has 0 radical (unpaired) electrons. The zero-order valence-corrected chi connectivity index (χ0v) is 7.65. The molecule has 2 rings (SSSR count). The maximum absolute atomic E-state index is 5.41. The van der Waals surface area contributed by atoms with E-state index >= 15 is 0 Å². The van der Waals surface area contributed by atoms with Crippen molar-refractivity contribution in [3.8, 4) is 11.5 Å². The van der Waals surface area contributed by atoms with Gasteiger partial charge in [-0.05, 0) is 12.1 Å². The Hall–Kier alpha value is -1.58. The topological polar surface area (TPSA) is 33.8 Å². The summed E-state index contributed by atoms with van der Waals surface area (Å²) >= 11 is 0. The van der Waals surface area contributed by atoms with E-state index in [0.29, 0.717) is 6.73 Å². The second-order valence-corrected chi connectivity index (χ2v) is 2.86. The first-order valence-electron chi connectivity index (χ1n) is 4.03. The first-order valence-corrected chi connectivity index (χ1v) is 4.03. The Morgan fingerprint density at radius 2 is 2.38 bits per heavy atom. The van der Waals surface area contributed by atoms with E-state index < -0.39 is 0 Å². The molecule has 4 nitrogen and oxygen atoms in total. The van der Waals surface area contributed by atoms with Crippen molar-refractivity contribution < 1.29 is 14.2 Å². The highest BCUT2D eigenvalue weighted by Gasteiger charge is 2.15. The Morgan fingerprint density at radius 3 is 3.15 bits per heavy atom. The van der Waals surface area contributed by atoms with Gasteiger partial charge in [-0.25, -0.2) is 0 Å². The molecule has 0 atom stereocenters. The average molecular weight is 179 g/mol. The molecule has 0 bridgehead atoms. The minimum Gasteiger partial charge on any atom is -0.497 e. The van der Waals surface area contributed by atoms with Gasteiger partial charge in [-0.15, -0.1) is 0 Å². The van der Waals surface area contributed by atoms with Crippen LogP contribution in [0.25, 0.3) is 0 Å². The number of rotatable bonds is 1. The zero-order chi connectivity index (χ0) is 9.26. The van der Waals surface area contributed by atoms with E-state index in [1.807, 2.05) is 25.2 Å². The first-order chi connectivity index (χ1) is 6.29. The summed E-state index contributed by atoms with van der Waals surface area (Å²) in [7, 11) is 3.50. The quantitative estimate of drug-likeness (QED) is 0.615. The largest absolute Gasteiger partial charge is 0.497 e. The number of hydrogen-bond acceptors (Lipinski definition) is 3. The number of ether oxygens (including phenoxy) is 2. The lowest BCUT2D eigenvalue weighted by molar-refractivity contribution is -0.594. The molecule has 68 valence electrons. The predicted molar refractivity (Wildman–Crippen MR) is 46.8 cm³/mol. The summed E-state index contributed by atoms with van der Waals surface area (Å²) in [5, 5.41) is 4.28. The van der Waals surface area contributed by atoms with Crippen molar-refractivity contribution in [2.45, 2.75) is 0 Å². The summed E-state index contributed by atoms with van der Waals surface area (Å²) in [4.78, 5) is 0.